The molecule has 0 aromatic carbocycles. The summed E-state index contributed by atoms with van der Waals surface area (Å²) in [4.78, 5) is 14.4. The first-order valence-electron chi connectivity index (χ1n) is 4.15. The minimum absolute atomic E-state index is 0.124. The van der Waals surface area contributed by atoms with E-state index in [1.54, 1.807) is 0 Å². The number of carbonyl (C=O) groups excluding carboxylic acids is 1. The fraction of sp³-hybridized carbons (Fsp3) is 0.333. The van der Waals surface area contributed by atoms with Crippen LogP contribution in [0.4, 0.5) is 13.2 Å². The van der Waals surface area contributed by atoms with Gasteiger partial charge < -0.3 is 9.84 Å². The number of ether oxygens (including phenoxy) is 1. The molecule has 0 saturated heterocycles. The summed E-state index contributed by atoms with van der Waals surface area (Å²) in [6, 6.07) is 2.02. The highest BCUT2D eigenvalue weighted by molar-refractivity contribution is 5.86. The van der Waals surface area contributed by atoms with Crippen molar-refractivity contribution in [1.82, 2.24) is 4.98 Å². The van der Waals surface area contributed by atoms with Crippen LogP contribution >= 0.6 is 0 Å². The van der Waals surface area contributed by atoms with E-state index in [1.807, 2.05) is 0 Å². The van der Waals surface area contributed by atoms with Crippen molar-refractivity contribution >= 4 is 5.97 Å². The highest BCUT2D eigenvalue weighted by Gasteiger charge is 2.39. The van der Waals surface area contributed by atoms with Crippen molar-refractivity contribution in [3.05, 3.63) is 29.6 Å². The van der Waals surface area contributed by atoms with Crippen LogP contribution in [-0.2, 0) is 4.74 Å². The Morgan fingerprint density at radius 2 is 2.12 bits per heavy atom. The Balaban J connectivity index is 2.91. The molecule has 0 aliphatic carbocycles. The average Bonchev–Trinajstić information content (AvgIpc) is 2.26. The van der Waals surface area contributed by atoms with Crippen molar-refractivity contribution in [2.45, 2.75) is 12.3 Å². The molecule has 88 valence electrons. The zero-order chi connectivity index (χ0) is 12.3. The van der Waals surface area contributed by atoms with E-state index in [4.69, 9.17) is 5.11 Å². The zero-order valence-electron chi connectivity index (χ0n) is 8.15. The topological polar surface area (TPSA) is 59.4 Å². The molecule has 0 saturated carbocycles. The van der Waals surface area contributed by atoms with Crippen LogP contribution in [0, 0.1) is 0 Å². The molecule has 0 radical (unpaired) electrons. The predicted octanol–water partition coefficient (Wildman–Crippen LogP) is 1.46. The summed E-state index contributed by atoms with van der Waals surface area (Å²) in [7, 11) is 1.13. The molecule has 1 unspecified atom stereocenters. The van der Waals surface area contributed by atoms with Gasteiger partial charge in [-0.15, -0.1) is 0 Å². The molecule has 1 heterocycles. The van der Waals surface area contributed by atoms with Gasteiger partial charge in [0.05, 0.1) is 7.11 Å². The monoisotopic (exact) mass is 235 g/mol. The lowest BCUT2D eigenvalue weighted by Gasteiger charge is -2.14. The van der Waals surface area contributed by atoms with Crippen molar-refractivity contribution in [3.63, 3.8) is 0 Å². The molecule has 0 bridgehead atoms. The summed E-state index contributed by atoms with van der Waals surface area (Å²) in [6.07, 6.45) is -6.58. The van der Waals surface area contributed by atoms with E-state index >= 15 is 0 Å². The Kier molecular flexibility index (Phi) is 3.48. The van der Waals surface area contributed by atoms with Gasteiger partial charge in [0.25, 0.3) is 0 Å². The number of aromatic nitrogens is 1. The maximum Gasteiger partial charge on any atom is 0.418 e. The van der Waals surface area contributed by atoms with Crippen LogP contribution in [0.2, 0.25) is 0 Å². The third-order valence-electron chi connectivity index (χ3n) is 1.81. The second kappa shape index (κ2) is 4.48. The van der Waals surface area contributed by atoms with Crippen LogP contribution in [-0.4, -0.2) is 29.3 Å². The van der Waals surface area contributed by atoms with E-state index in [0.717, 1.165) is 25.4 Å². The number of halogens is 3. The molecule has 1 aromatic rings. The van der Waals surface area contributed by atoms with Crippen molar-refractivity contribution in [3.8, 4) is 0 Å². The van der Waals surface area contributed by atoms with Crippen molar-refractivity contribution < 1.29 is 27.8 Å². The second-order valence-corrected chi connectivity index (χ2v) is 2.91. The highest BCUT2D eigenvalue weighted by Crippen LogP contribution is 2.31. The molecule has 4 nitrogen and oxygen atoms in total. The number of alkyl halides is 3. The lowest BCUT2D eigenvalue weighted by molar-refractivity contribution is -0.206. The minimum atomic E-state index is -4.76. The predicted molar refractivity (Wildman–Crippen MR) is 46.6 cm³/mol. The van der Waals surface area contributed by atoms with E-state index in [-0.39, 0.29) is 5.69 Å². The third-order valence-corrected chi connectivity index (χ3v) is 1.81. The van der Waals surface area contributed by atoms with Gasteiger partial charge >= 0.3 is 12.1 Å². The van der Waals surface area contributed by atoms with Gasteiger partial charge in [0, 0.05) is 11.8 Å². The van der Waals surface area contributed by atoms with Crippen LogP contribution in [0.3, 0.4) is 0 Å². The first-order valence-corrected chi connectivity index (χ1v) is 4.15. The Morgan fingerprint density at radius 1 is 1.50 bits per heavy atom. The number of aliphatic hydroxyl groups is 1. The van der Waals surface area contributed by atoms with Gasteiger partial charge in [0.15, 0.2) is 6.10 Å². The van der Waals surface area contributed by atoms with E-state index in [9.17, 15) is 18.0 Å². The molecule has 0 fully saturated rings. The molecular formula is C9H8F3NO3. The molecular weight excluding hydrogens is 227 g/mol. The minimum Gasteiger partial charge on any atom is -0.464 e. The number of aliphatic hydroxyl groups excluding tert-OH is 1. The first-order chi connectivity index (χ1) is 7.36. The molecule has 0 amide bonds. The SMILES string of the molecule is COC(=O)c1ccc(C(O)C(F)(F)F)cn1. The Bertz CT molecular complexity index is 375. The molecule has 0 aliphatic rings. The van der Waals surface area contributed by atoms with E-state index in [0.29, 0.717) is 0 Å². The molecule has 7 heteroatoms. The van der Waals surface area contributed by atoms with Crippen LogP contribution in [0.25, 0.3) is 0 Å². The Hall–Kier alpha value is -1.63. The fourth-order valence-corrected chi connectivity index (χ4v) is 0.981. The Labute approximate surface area is 88.7 Å². The summed E-state index contributed by atoms with van der Waals surface area (Å²) < 4.78 is 40.6. The number of hydrogen-bond acceptors (Lipinski definition) is 4. The number of rotatable bonds is 2. The molecule has 16 heavy (non-hydrogen) atoms. The van der Waals surface area contributed by atoms with Gasteiger partial charge in [-0.1, -0.05) is 6.07 Å². The largest absolute Gasteiger partial charge is 0.464 e. The summed E-state index contributed by atoms with van der Waals surface area (Å²) >= 11 is 0. The third kappa shape index (κ3) is 2.69. The van der Waals surface area contributed by atoms with Crippen molar-refractivity contribution in [2.24, 2.45) is 0 Å². The highest BCUT2D eigenvalue weighted by atomic mass is 19.4. The standard InChI is InChI=1S/C9H8F3NO3/c1-16-8(15)6-3-2-5(4-13-6)7(14)9(10,11)12/h2-4,7,14H,1H3. The summed E-state index contributed by atoms with van der Waals surface area (Å²) in [6.45, 7) is 0. The number of nitrogens with zero attached hydrogens (tertiary/aromatic N) is 1. The summed E-state index contributed by atoms with van der Waals surface area (Å²) in [5.74, 6) is -0.756. The molecule has 1 N–H and O–H groups in total. The molecule has 0 spiro atoms. The van der Waals surface area contributed by atoms with Gasteiger partial charge in [-0.2, -0.15) is 13.2 Å². The maximum absolute atomic E-state index is 12.1. The number of carbonyl (C=O) groups is 1. The van der Waals surface area contributed by atoms with Crippen LogP contribution in [0.15, 0.2) is 18.3 Å². The summed E-state index contributed by atoms with van der Waals surface area (Å²) in [5.41, 5.74) is -0.555. The van der Waals surface area contributed by atoms with Crippen molar-refractivity contribution in [2.75, 3.05) is 7.11 Å². The molecule has 0 aliphatic heterocycles. The molecule has 1 atom stereocenters. The van der Waals surface area contributed by atoms with Gasteiger partial charge in [-0.05, 0) is 6.07 Å². The van der Waals surface area contributed by atoms with E-state index in [2.05, 4.69) is 9.72 Å². The lowest BCUT2D eigenvalue weighted by Crippen LogP contribution is -2.20. The number of hydrogen-bond donors (Lipinski definition) is 1. The fourth-order valence-electron chi connectivity index (χ4n) is 0.981. The zero-order valence-corrected chi connectivity index (χ0v) is 8.15. The quantitative estimate of drug-likeness (QED) is 0.788. The van der Waals surface area contributed by atoms with Gasteiger partial charge in [-0.3, -0.25) is 0 Å². The Morgan fingerprint density at radius 3 is 2.50 bits per heavy atom. The molecule has 1 aromatic heterocycles. The van der Waals surface area contributed by atoms with Crippen LogP contribution in [0.1, 0.15) is 22.2 Å². The normalized spacial score (nSPS) is 13.3. The average molecular weight is 235 g/mol. The van der Waals surface area contributed by atoms with Crippen LogP contribution in [0.5, 0.6) is 0 Å². The smallest absolute Gasteiger partial charge is 0.418 e. The van der Waals surface area contributed by atoms with E-state index < -0.39 is 23.8 Å². The van der Waals surface area contributed by atoms with Gasteiger partial charge in [-0.25, -0.2) is 9.78 Å². The number of methoxy groups -OCH3 is 1. The maximum atomic E-state index is 12.1. The van der Waals surface area contributed by atoms with Crippen molar-refractivity contribution in [1.29, 1.82) is 0 Å². The number of esters is 1. The van der Waals surface area contributed by atoms with Crippen LogP contribution < -0.4 is 0 Å². The van der Waals surface area contributed by atoms with Gasteiger partial charge in [0.2, 0.25) is 0 Å². The molecule has 1 rings (SSSR count). The first kappa shape index (κ1) is 12.4. The lowest BCUT2D eigenvalue weighted by atomic mass is 10.1. The second-order valence-electron chi connectivity index (χ2n) is 2.91. The van der Waals surface area contributed by atoms with E-state index in [1.165, 1.54) is 0 Å². The van der Waals surface area contributed by atoms with Gasteiger partial charge in [0.1, 0.15) is 5.69 Å². The number of pyridine rings is 1. The summed E-state index contributed by atoms with van der Waals surface area (Å²) in [5, 5.41) is 8.86.